The summed E-state index contributed by atoms with van der Waals surface area (Å²) in [7, 11) is 1.59. The van der Waals surface area contributed by atoms with E-state index >= 15 is 0 Å². The van der Waals surface area contributed by atoms with Crippen LogP contribution in [0, 0.1) is 6.92 Å². The van der Waals surface area contributed by atoms with Crippen molar-refractivity contribution in [3.8, 4) is 16.9 Å². The lowest BCUT2D eigenvalue weighted by Crippen LogP contribution is -1.92. The highest BCUT2D eigenvalue weighted by atomic mass is 35.5. The first-order valence-corrected chi connectivity index (χ1v) is 5.07. The smallest absolute Gasteiger partial charge is 0.175 e. The molecule has 0 spiro atoms. The molecule has 1 aromatic carbocycles. The summed E-state index contributed by atoms with van der Waals surface area (Å²) in [5, 5.41) is 4.31. The number of halogens is 1. The minimum atomic E-state index is 0.332. The quantitative estimate of drug-likeness (QED) is 0.874. The molecule has 1 heterocycles. The van der Waals surface area contributed by atoms with Crippen LogP contribution in [-0.2, 0) is 0 Å². The predicted octanol–water partition coefficient (Wildman–Crippen LogP) is 2.89. The van der Waals surface area contributed by atoms with E-state index in [0.717, 1.165) is 11.1 Å². The maximum Gasteiger partial charge on any atom is 0.175 e. The maximum atomic E-state index is 5.95. The number of methoxy groups -OCH3 is 1. The van der Waals surface area contributed by atoms with Gasteiger partial charge in [-0.1, -0.05) is 16.8 Å². The third-order valence-electron chi connectivity index (χ3n) is 2.32. The Labute approximate surface area is 97.9 Å². The van der Waals surface area contributed by atoms with E-state index in [1.165, 1.54) is 0 Å². The van der Waals surface area contributed by atoms with Crippen molar-refractivity contribution in [1.82, 2.24) is 5.16 Å². The van der Waals surface area contributed by atoms with Crippen LogP contribution in [0.25, 0.3) is 11.1 Å². The van der Waals surface area contributed by atoms with Crippen LogP contribution in [0.5, 0.6) is 5.75 Å². The van der Waals surface area contributed by atoms with E-state index in [1.54, 1.807) is 32.2 Å². The molecular formula is C11H11ClN2O2. The average Bonchev–Trinajstić information content (AvgIpc) is 2.58. The zero-order valence-electron chi connectivity index (χ0n) is 8.95. The first kappa shape index (κ1) is 10.8. The fraction of sp³-hybridized carbons (Fsp3) is 0.182. The van der Waals surface area contributed by atoms with Gasteiger partial charge in [-0.25, -0.2) is 0 Å². The van der Waals surface area contributed by atoms with Crippen molar-refractivity contribution in [3.63, 3.8) is 0 Å². The van der Waals surface area contributed by atoms with E-state index in [0.29, 0.717) is 22.4 Å². The van der Waals surface area contributed by atoms with Crippen molar-refractivity contribution in [2.24, 2.45) is 0 Å². The van der Waals surface area contributed by atoms with Gasteiger partial charge in [0.15, 0.2) is 5.82 Å². The number of aryl methyl sites for hydroxylation is 1. The van der Waals surface area contributed by atoms with Gasteiger partial charge in [0.25, 0.3) is 0 Å². The largest absolute Gasteiger partial charge is 0.496 e. The Morgan fingerprint density at radius 1 is 1.44 bits per heavy atom. The molecule has 0 atom stereocenters. The fourth-order valence-electron chi connectivity index (χ4n) is 1.59. The summed E-state index contributed by atoms with van der Waals surface area (Å²) >= 11 is 5.95. The first-order valence-electron chi connectivity index (χ1n) is 4.69. The first-order chi connectivity index (χ1) is 7.63. The van der Waals surface area contributed by atoms with Crippen molar-refractivity contribution >= 4 is 17.4 Å². The van der Waals surface area contributed by atoms with Crippen LogP contribution < -0.4 is 10.5 Å². The zero-order valence-corrected chi connectivity index (χ0v) is 9.71. The Morgan fingerprint density at radius 3 is 2.75 bits per heavy atom. The van der Waals surface area contributed by atoms with Gasteiger partial charge in [-0.05, 0) is 25.1 Å². The van der Waals surface area contributed by atoms with Gasteiger partial charge in [-0.15, -0.1) is 0 Å². The molecule has 0 aliphatic rings. The lowest BCUT2D eigenvalue weighted by atomic mass is 10.1. The number of ether oxygens (including phenoxy) is 1. The van der Waals surface area contributed by atoms with Gasteiger partial charge in [0.2, 0.25) is 0 Å². The molecule has 84 valence electrons. The fourth-order valence-corrected chi connectivity index (χ4v) is 1.76. The van der Waals surface area contributed by atoms with Crippen LogP contribution in [0.15, 0.2) is 22.7 Å². The normalized spacial score (nSPS) is 10.4. The van der Waals surface area contributed by atoms with Crippen molar-refractivity contribution < 1.29 is 9.26 Å². The predicted molar refractivity (Wildman–Crippen MR) is 62.7 cm³/mol. The second-order valence-electron chi connectivity index (χ2n) is 3.34. The van der Waals surface area contributed by atoms with Crippen molar-refractivity contribution in [1.29, 1.82) is 0 Å². The van der Waals surface area contributed by atoms with Gasteiger partial charge in [-0.2, -0.15) is 0 Å². The van der Waals surface area contributed by atoms with Crippen LogP contribution >= 0.6 is 11.6 Å². The third kappa shape index (κ3) is 1.72. The topological polar surface area (TPSA) is 61.3 Å². The molecule has 1 aromatic heterocycles. The molecule has 0 radical (unpaired) electrons. The number of hydrogen-bond acceptors (Lipinski definition) is 4. The number of anilines is 1. The standard InChI is InChI=1S/C11H11ClN2O2/c1-6-10(11(13)14-16-6)8-5-7(12)3-4-9(8)15-2/h3-5H,1-2H3,(H2,13,14). The molecule has 0 saturated heterocycles. The second kappa shape index (κ2) is 4.06. The Kier molecular flexibility index (Phi) is 2.75. The number of benzene rings is 1. The highest BCUT2D eigenvalue weighted by Gasteiger charge is 2.16. The summed E-state index contributed by atoms with van der Waals surface area (Å²) in [5.41, 5.74) is 7.25. The van der Waals surface area contributed by atoms with E-state index in [2.05, 4.69) is 5.16 Å². The summed E-state index contributed by atoms with van der Waals surface area (Å²) < 4.78 is 10.3. The average molecular weight is 239 g/mol. The van der Waals surface area contributed by atoms with Crippen LogP contribution in [0.4, 0.5) is 5.82 Å². The highest BCUT2D eigenvalue weighted by molar-refractivity contribution is 6.31. The van der Waals surface area contributed by atoms with Crippen LogP contribution in [-0.4, -0.2) is 12.3 Å². The number of rotatable bonds is 2. The molecular weight excluding hydrogens is 228 g/mol. The number of hydrogen-bond donors (Lipinski definition) is 1. The lowest BCUT2D eigenvalue weighted by Gasteiger charge is -2.07. The van der Waals surface area contributed by atoms with Crippen LogP contribution in [0.1, 0.15) is 5.76 Å². The Balaban J connectivity index is 2.67. The van der Waals surface area contributed by atoms with Crippen molar-refractivity contribution in [2.45, 2.75) is 6.92 Å². The zero-order chi connectivity index (χ0) is 11.7. The van der Waals surface area contributed by atoms with Crippen molar-refractivity contribution in [2.75, 3.05) is 12.8 Å². The van der Waals surface area contributed by atoms with Gasteiger partial charge in [0.1, 0.15) is 11.5 Å². The maximum absolute atomic E-state index is 5.95. The molecule has 0 bridgehead atoms. The minimum absolute atomic E-state index is 0.332. The highest BCUT2D eigenvalue weighted by Crippen LogP contribution is 2.37. The van der Waals surface area contributed by atoms with Crippen LogP contribution in [0.3, 0.4) is 0 Å². The Morgan fingerprint density at radius 2 is 2.19 bits per heavy atom. The number of aromatic nitrogens is 1. The molecule has 5 heteroatoms. The minimum Gasteiger partial charge on any atom is -0.496 e. The SMILES string of the molecule is COc1ccc(Cl)cc1-c1c(N)noc1C. The van der Waals surface area contributed by atoms with Gasteiger partial charge in [-0.3, -0.25) is 0 Å². The van der Waals surface area contributed by atoms with Gasteiger partial charge >= 0.3 is 0 Å². The van der Waals surface area contributed by atoms with Gasteiger partial charge in [0, 0.05) is 10.6 Å². The van der Waals surface area contributed by atoms with E-state index in [9.17, 15) is 0 Å². The molecule has 0 fully saturated rings. The summed E-state index contributed by atoms with van der Waals surface area (Å²) in [6.07, 6.45) is 0. The molecule has 0 aliphatic carbocycles. The molecule has 4 nitrogen and oxygen atoms in total. The summed E-state index contributed by atoms with van der Waals surface area (Å²) in [4.78, 5) is 0. The van der Waals surface area contributed by atoms with Gasteiger partial charge in [0.05, 0.1) is 12.7 Å². The van der Waals surface area contributed by atoms with E-state index in [1.807, 2.05) is 0 Å². The third-order valence-corrected chi connectivity index (χ3v) is 2.56. The number of nitrogens with two attached hydrogens (primary N) is 1. The Hall–Kier alpha value is -1.68. The van der Waals surface area contributed by atoms with Crippen molar-refractivity contribution in [3.05, 3.63) is 29.0 Å². The monoisotopic (exact) mass is 238 g/mol. The van der Waals surface area contributed by atoms with E-state index in [4.69, 9.17) is 26.6 Å². The molecule has 2 rings (SSSR count). The van der Waals surface area contributed by atoms with Crippen LogP contribution in [0.2, 0.25) is 5.02 Å². The lowest BCUT2D eigenvalue weighted by molar-refractivity contribution is 0.400. The molecule has 2 N–H and O–H groups in total. The molecule has 0 saturated carbocycles. The molecule has 0 unspecified atom stereocenters. The molecule has 0 amide bonds. The summed E-state index contributed by atoms with van der Waals surface area (Å²) in [6.45, 7) is 1.79. The molecule has 16 heavy (non-hydrogen) atoms. The Bertz CT molecular complexity index is 503. The summed E-state index contributed by atoms with van der Waals surface area (Å²) in [6, 6.07) is 5.31. The number of nitrogen functional groups attached to an aromatic ring is 1. The second-order valence-corrected chi connectivity index (χ2v) is 3.78. The molecule has 0 aliphatic heterocycles. The van der Waals surface area contributed by atoms with Gasteiger partial charge < -0.3 is 15.0 Å². The number of nitrogens with zero attached hydrogens (tertiary/aromatic N) is 1. The summed E-state index contributed by atoms with van der Waals surface area (Å²) in [5.74, 6) is 1.65. The van der Waals surface area contributed by atoms with E-state index < -0.39 is 0 Å². The molecule has 2 aromatic rings. The van der Waals surface area contributed by atoms with E-state index in [-0.39, 0.29) is 0 Å².